The van der Waals surface area contributed by atoms with Crippen LogP contribution in [0.15, 0.2) is 41.0 Å². The molecule has 0 radical (unpaired) electrons. The van der Waals surface area contributed by atoms with E-state index in [0.29, 0.717) is 24.5 Å². The van der Waals surface area contributed by atoms with Gasteiger partial charge in [-0.05, 0) is 38.5 Å². The summed E-state index contributed by atoms with van der Waals surface area (Å²) in [5, 5.41) is 2.62. The van der Waals surface area contributed by atoms with Gasteiger partial charge in [0.2, 0.25) is 5.78 Å². The number of rotatable bonds is 12. The molecule has 10 nitrogen and oxygen atoms in total. The molecule has 0 bridgehead atoms. The van der Waals surface area contributed by atoms with Gasteiger partial charge in [-0.25, -0.2) is 4.79 Å². The number of anilines is 1. The van der Waals surface area contributed by atoms with E-state index in [1.54, 1.807) is 19.2 Å². The summed E-state index contributed by atoms with van der Waals surface area (Å²) in [6.07, 6.45) is 2.17. The van der Waals surface area contributed by atoms with Crippen LogP contribution in [0.1, 0.15) is 49.1 Å². The zero-order valence-corrected chi connectivity index (χ0v) is 21.0. The number of hydrogen-bond acceptors (Lipinski definition) is 8. The summed E-state index contributed by atoms with van der Waals surface area (Å²) >= 11 is 0. The molecule has 0 aliphatic rings. The first-order valence-electron chi connectivity index (χ1n) is 11.3. The molecule has 0 atom stereocenters. The summed E-state index contributed by atoms with van der Waals surface area (Å²) in [5.41, 5.74) is 2.31. The minimum atomic E-state index is -0.812. The molecule has 10 heteroatoms. The number of carbonyl (C=O) groups excluding carboxylic acids is 3. The second-order valence-electron chi connectivity index (χ2n) is 7.97. The molecule has 36 heavy (non-hydrogen) atoms. The summed E-state index contributed by atoms with van der Waals surface area (Å²) in [6, 6.07) is 7.65. The van der Waals surface area contributed by atoms with Crippen molar-refractivity contribution in [1.82, 2.24) is 4.57 Å². The topological polar surface area (TPSA) is 118 Å². The zero-order valence-electron chi connectivity index (χ0n) is 21.0. The molecule has 0 saturated heterocycles. The third-order valence-electron chi connectivity index (χ3n) is 5.68. The average Bonchev–Trinajstić information content (AvgIpc) is 3.51. The largest absolute Gasteiger partial charge is 0.493 e. The summed E-state index contributed by atoms with van der Waals surface area (Å²) in [6.45, 7) is 4.62. The standard InChI is InChI=1S/C26H30N2O8/c1-16-12-18(17(2)28(16)9-7-10-32-3)21(29)15-36-26(31)19-13-23(33-4)24(34-5)14-20(19)27-25(30)22-8-6-11-35-22/h6,8,11-14H,7,9-10,15H2,1-5H3,(H,27,30). The number of hydrogen-bond donors (Lipinski definition) is 1. The molecule has 0 aliphatic heterocycles. The van der Waals surface area contributed by atoms with Gasteiger partial charge in [0, 0.05) is 49.3 Å². The number of nitrogens with one attached hydrogen (secondary N) is 1. The third kappa shape index (κ3) is 5.95. The van der Waals surface area contributed by atoms with Gasteiger partial charge < -0.3 is 33.2 Å². The molecule has 0 aliphatic carbocycles. The Hall–Kier alpha value is -4.05. The SMILES string of the molecule is COCCCn1c(C)cc(C(=O)COC(=O)c2cc(OC)c(OC)cc2NC(=O)c2ccco2)c1C. The van der Waals surface area contributed by atoms with E-state index < -0.39 is 18.5 Å². The molecule has 2 heterocycles. The van der Waals surface area contributed by atoms with Gasteiger partial charge in [0.15, 0.2) is 23.9 Å². The van der Waals surface area contributed by atoms with Crippen LogP contribution < -0.4 is 14.8 Å². The van der Waals surface area contributed by atoms with Crippen LogP contribution in [-0.4, -0.2) is 56.8 Å². The maximum Gasteiger partial charge on any atom is 0.340 e. The summed E-state index contributed by atoms with van der Waals surface area (Å²) in [5.74, 6) is -1.12. The first-order chi connectivity index (χ1) is 17.3. The first kappa shape index (κ1) is 26.6. The molecule has 1 amide bonds. The fourth-order valence-corrected chi connectivity index (χ4v) is 3.82. The van der Waals surface area contributed by atoms with Crippen LogP contribution in [0.4, 0.5) is 5.69 Å². The fraction of sp³-hybridized carbons (Fsp3) is 0.346. The number of benzene rings is 1. The van der Waals surface area contributed by atoms with Crippen molar-refractivity contribution in [1.29, 1.82) is 0 Å². The number of esters is 1. The fourth-order valence-electron chi connectivity index (χ4n) is 3.82. The Bertz CT molecular complexity index is 1230. The summed E-state index contributed by atoms with van der Waals surface area (Å²) in [7, 11) is 4.49. The maximum atomic E-state index is 13.0. The number of ether oxygens (including phenoxy) is 4. The molecule has 3 aromatic rings. The van der Waals surface area contributed by atoms with Gasteiger partial charge in [-0.15, -0.1) is 0 Å². The van der Waals surface area contributed by atoms with Crippen molar-refractivity contribution in [2.45, 2.75) is 26.8 Å². The van der Waals surface area contributed by atoms with Gasteiger partial charge in [0.25, 0.3) is 5.91 Å². The molecule has 0 spiro atoms. The van der Waals surface area contributed by atoms with Crippen LogP contribution >= 0.6 is 0 Å². The highest BCUT2D eigenvalue weighted by atomic mass is 16.5. The number of nitrogens with zero attached hydrogens (tertiary/aromatic N) is 1. The van der Waals surface area contributed by atoms with E-state index in [-0.39, 0.29) is 28.5 Å². The Kier molecular flexibility index (Phi) is 8.91. The van der Waals surface area contributed by atoms with Gasteiger partial charge in [0.05, 0.1) is 31.7 Å². The molecule has 1 aromatic carbocycles. The summed E-state index contributed by atoms with van der Waals surface area (Å²) < 4.78 is 28.2. The van der Waals surface area contributed by atoms with Crippen molar-refractivity contribution >= 4 is 23.3 Å². The third-order valence-corrected chi connectivity index (χ3v) is 5.68. The number of furan rings is 1. The van der Waals surface area contributed by atoms with Gasteiger partial charge in [-0.1, -0.05) is 0 Å². The van der Waals surface area contributed by atoms with Gasteiger partial charge in [0.1, 0.15) is 0 Å². The average molecular weight is 499 g/mol. The number of aryl methyl sites for hydroxylation is 1. The van der Waals surface area contributed by atoms with Crippen molar-refractivity contribution in [3.8, 4) is 11.5 Å². The van der Waals surface area contributed by atoms with Crippen LogP contribution in [0.3, 0.4) is 0 Å². The number of amides is 1. The Morgan fingerprint density at radius 2 is 1.72 bits per heavy atom. The van der Waals surface area contributed by atoms with Gasteiger partial charge >= 0.3 is 5.97 Å². The van der Waals surface area contributed by atoms with Crippen LogP contribution in [-0.2, 0) is 16.0 Å². The normalized spacial score (nSPS) is 10.7. The highest BCUT2D eigenvalue weighted by Gasteiger charge is 2.23. The smallest absolute Gasteiger partial charge is 0.340 e. The van der Waals surface area contributed by atoms with Gasteiger partial charge in [-0.2, -0.15) is 0 Å². The van der Waals surface area contributed by atoms with E-state index >= 15 is 0 Å². The number of methoxy groups -OCH3 is 3. The molecule has 0 fully saturated rings. The Morgan fingerprint density at radius 3 is 2.36 bits per heavy atom. The number of aromatic nitrogens is 1. The predicted molar refractivity (Wildman–Crippen MR) is 131 cm³/mol. The predicted octanol–water partition coefficient (Wildman–Crippen LogP) is 4.04. The lowest BCUT2D eigenvalue weighted by atomic mass is 10.1. The molecule has 2 aromatic heterocycles. The van der Waals surface area contributed by atoms with E-state index in [1.807, 2.05) is 18.4 Å². The highest BCUT2D eigenvalue weighted by Crippen LogP contribution is 2.34. The van der Waals surface area contributed by atoms with E-state index in [1.165, 1.54) is 38.7 Å². The molecular formula is C26H30N2O8. The van der Waals surface area contributed by atoms with E-state index in [9.17, 15) is 14.4 Å². The lowest BCUT2D eigenvalue weighted by molar-refractivity contribution is 0.0475. The monoisotopic (exact) mass is 498 g/mol. The molecule has 192 valence electrons. The molecule has 1 N–H and O–H groups in total. The maximum absolute atomic E-state index is 13.0. The molecule has 0 saturated carbocycles. The van der Waals surface area contributed by atoms with Crippen LogP contribution in [0.2, 0.25) is 0 Å². The van der Waals surface area contributed by atoms with Crippen molar-refractivity contribution in [3.05, 3.63) is 64.9 Å². The van der Waals surface area contributed by atoms with Crippen LogP contribution in [0, 0.1) is 13.8 Å². The second-order valence-corrected chi connectivity index (χ2v) is 7.97. The molecular weight excluding hydrogens is 468 g/mol. The second kappa shape index (κ2) is 12.1. The van der Waals surface area contributed by atoms with E-state index in [4.69, 9.17) is 23.4 Å². The first-order valence-corrected chi connectivity index (χ1v) is 11.3. The zero-order chi connectivity index (χ0) is 26.2. The van der Waals surface area contributed by atoms with Gasteiger partial charge in [-0.3, -0.25) is 9.59 Å². The number of carbonyl (C=O) groups is 3. The van der Waals surface area contributed by atoms with E-state index in [2.05, 4.69) is 5.32 Å². The quantitative estimate of drug-likeness (QED) is 0.226. The van der Waals surface area contributed by atoms with Crippen molar-refractivity contribution in [3.63, 3.8) is 0 Å². The van der Waals surface area contributed by atoms with Crippen LogP contribution in [0.25, 0.3) is 0 Å². The summed E-state index contributed by atoms with van der Waals surface area (Å²) in [4.78, 5) is 38.4. The molecule has 0 unspecified atom stereocenters. The highest BCUT2D eigenvalue weighted by molar-refractivity contribution is 6.08. The van der Waals surface area contributed by atoms with E-state index in [0.717, 1.165) is 17.8 Å². The minimum absolute atomic E-state index is 0.00889. The van der Waals surface area contributed by atoms with Crippen molar-refractivity contribution in [2.75, 3.05) is 39.9 Å². The van der Waals surface area contributed by atoms with Crippen molar-refractivity contribution < 1.29 is 37.7 Å². The van der Waals surface area contributed by atoms with Crippen LogP contribution in [0.5, 0.6) is 11.5 Å². The number of Topliss-reactive ketones (excluding diaryl/α,β-unsaturated/α-hetero) is 1. The number of ketones is 1. The minimum Gasteiger partial charge on any atom is -0.493 e. The molecule has 3 rings (SSSR count). The Morgan fingerprint density at radius 1 is 1.00 bits per heavy atom. The lowest BCUT2D eigenvalue weighted by Gasteiger charge is -2.15. The lowest BCUT2D eigenvalue weighted by Crippen LogP contribution is -2.18. The van der Waals surface area contributed by atoms with Crippen molar-refractivity contribution in [2.24, 2.45) is 0 Å². The Labute approximate surface area is 209 Å². The Balaban J connectivity index is 1.79.